The van der Waals surface area contributed by atoms with E-state index in [9.17, 15) is 13.6 Å². The molecule has 0 atom stereocenters. The largest absolute Gasteiger partial charge is 0.493 e. The molecule has 0 spiro atoms. The predicted octanol–water partition coefficient (Wildman–Crippen LogP) is 4.46. The van der Waals surface area contributed by atoms with Crippen molar-refractivity contribution in [3.63, 3.8) is 0 Å². The molecule has 0 aliphatic carbocycles. The van der Waals surface area contributed by atoms with E-state index in [1.807, 2.05) is 13.8 Å². The summed E-state index contributed by atoms with van der Waals surface area (Å²) < 4.78 is 51.1. The van der Waals surface area contributed by atoms with Crippen LogP contribution in [0.1, 0.15) is 32.9 Å². The summed E-state index contributed by atoms with van der Waals surface area (Å²) in [6.07, 6.45) is 0.408. The number of carbonyl (C=O) groups is 1. The van der Waals surface area contributed by atoms with Gasteiger partial charge in [0.15, 0.2) is 23.0 Å². The van der Waals surface area contributed by atoms with Gasteiger partial charge in [-0.05, 0) is 56.2 Å². The number of halogens is 2. The summed E-state index contributed by atoms with van der Waals surface area (Å²) >= 11 is 0. The van der Waals surface area contributed by atoms with Crippen LogP contribution in [0.5, 0.6) is 23.0 Å². The molecule has 1 N–H and O–H groups in total. The Morgan fingerprint density at radius 1 is 1.03 bits per heavy atom. The van der Waals surface area contributed by atoms with Crippen molar-refractivity contribution in [3.8, 4) is 23.0 Å². The molecule has 1 aromatic heterocycles. The number of rotatable bonds is 11. The Balaban J connectivity index is 1.59. The predicted molar refractivity (Wildman–Crippen MR) is 119 cm³/mol. The number of aryl methyl sites for hydroxylation is 2. The molecule has 0 aliphatic heterocycles. The normalized spacial score (nSPS) is 10.8. The summed E-state index contributed by atoms with van der Waals surface area (Å²) in [6, 6.07) is 9.59. The third-order valence-electron chi connectivity index (χ3n) is 5.12. The first-order valence-electron chi connectivity index (χ1n) is 10.4. The van der Waals surface area contributed by atoms with Gasteiger partial charge in [0.2, 0.25) is 0 Å². The number of amides is 1. The van der Waals surface area contributed by atoms with Crippen LogP contribution >= 0.6 is 0 Å². The second kappa shape index (κ2) is 11.4. The van der Waals surface area contributed by atoms with Crippen LogP contribution in [-0.2, 0) is 13.0 Å². The highest BCUT2D eigenvalue weighted by atomic mass is 19.3. The van der Waals surface area contributed by atoms with E-state index in [2.05, 4.69) is 15.2 Å². The van der Waals surface area contributed by atoms with E-state index in [-0.39, 0.29) is 30.6 Å². The number of ether oxygens (including phenoxy) is 4. The van der Waals surface area contributed by atoms with Gasteiger partial charge in [-0.15, -0.1) is 0 Å². The highest BCUT2D eigenvalue weighted by Gasteiger charge is 2.15. The summed E-state index contributed by atoms with van der Waals surface area (Å²) in [7, 11) is 2.86. The first-order chi connectivity index (χ1) is 16.3. The van der Waals surface area contributed by atoms with Crippen molar-refractivity contribution in [3.05, 3.63) is 64.5 Å². The number of nitrogens with zero attached hydrogens (tertiary/aromatic N) is 1. The van der Waals surface area contributed by atoms with Gasteiger partial charge in [0.05, 0.1) is 25.5 Å². The Hall–Kier alpha value is -3.82. The lowest BCUT2D eigenvalue weighted by Crippen LogP contribution is -2.25. The zero-order valence-electron chi connectivity index (χ0n) is 19.3. The molecular formula is C24H26F2N2O6. The molecule has 8 nitrogen and oxygen atoms in total. The quantitative estimate of drug-likeness (QED) is 0.437. The molecule has 0 bridgehead atoms. The van der Waals surface area contributed by atoms with E-state index >= 15 is 0 Å². The first kappa shape index (κ1) is 24.8. The van der Waals surface area contributed by atoms with E-state index in [0.29, 0.717) is 34.8 Å². The summed E-state index contributed by atoms with van der Waals surface area (Å²) in [5.41, 5.74) is 2.69. The highest BCUT2D eigenvalue weighted by molar-refractivity contribution is 5.94. The molecule has 0 saturated heterocycles. The van der Waals surface area contributed by atoms with E-state index in [1.165, 1.54) is 20.3 Å². The van der Waals surface area contributed by atoms with Crippen molar-refractivity contribution in [1.82, 2.24) is 10.5 Å². The first-order valence-corrected chi connectivity index (χ1v) is 10.4. The van der Waals surface area contributed by atoms with Crippen LogP contribution in [-0.4, -0.2) is 38.4 Å². The van der Waals surface area contributed by atoms with Crippen molar-refractivity contribution >= 4 is 5.91 Å². The van der Waals surface area contributed by atoms with Crippen LogP contribution < -0.4 is 24.3 Å². The van der Waals surface area contributed by atoms with Crippen molar-refractivity contribution in [2.24, 2.45) is 0 Å². The van der Waals surface area contributed by atoms with E-state index in [0.717, 1.165) is 11.3 Å². The minimum absolute atomic E-state index is 0.0572. The average Bonchev–Trinajstić information content (AvgIpc) is 3.14. The van der Waals surface area contributed by atoms with Crippen LogP contribution in [0.3, 0.4) is 0 Å². The van der Waals surface area contributed by atoms with Gasteiger partial charge in [0.25, 0.3) is 5.91 Å². The second-order valence-electron chi connectivity index (χ2n) is 7.33. The van der Waals surface area contributed by atoms with Crippen LogP contribution in [0.4, 0.5) is 8.78 Å². The number of carbonyl (C=O) groups excluding carboxylic acids is 1. The molecule has 0 aliphatic rings. The number of hydrogen-bond donors (Lipinski definition) is 1. The Bertz CT molecular complexity index is 1110. The van der Waals surface area contributed by atoms with Crippen LogP contribution in [0.25, 0.3) is 0 Å². The number of methoxy groups -OCH3 is 2. The van der Waals surface area contributed by atoms with Crippen molar-refractivity contribution in [2.75, 3.05) is 20.8 Å². The third-order valence-corrected chi connectivity index (χ3v) is 5.12. The summed E-state index contributed by atoms with van der Waals surface area (Å²) in [6.45, 7) is 1.21. The molecule has 0 unspecified atom stereocenters. The number of hydrogen-bond acceptors (Lipinski definition) is 7. The van der Waals surface area contributed by atoms with Gasteiger partial charge in [0.1, 0.15) is 12.4 Å². The summed E-state index contributed by atoms with van der Waals surface area (Å²) in [5, 5.41) is 6.70. The topological polar surface area (TPSA) is 92.1 Å². The van der Waals surface area contributed by atoms with Crippen LogP contribution in [0.2, 0.25) is 0 Å². The standard InChI is InChI=1S/C24H26F2N2O6/c1-14-18(15(2)34-28-14)13-32-20-8-6-17(12-21(20)31-4)23(29)27-10-9-16-5-7-19(30-3)22(11-16)33-24(25)26/h5-8,11-12,24H,9-10,13H2,1-4H3,(H,27,29). The SMILES string of the molecule is COc1cc(C(=O)NCCc2ccc(OC)c(OC(F)F)c2)ccc1OCc1c(C)noc1C. The molecule has 2 aromatic carbocycles. The molecule has 3 rings (SSSR count). The van der Waals surface area contributed by atoms with Crippen molar-refractivity contribution in [1.29, 1.82) is 0 Å². The van der Waals surface area contributed by atoms with Crippen molar-refractivity contribution < 1.29 is 37.0 Å². The molecular weight excluding hydrogens is 450 g/mol. The lowest BCUT2D eigenvalue weighted by atomic mass is 10.1. The fourth-order valence-corrected chi connectivity index (χ4v) is 3.27. The summed E-state index contributed by atoms with van der Waals surface area (Å²) in [5.74, 6) is 1.40. The van der Waals surface area contributed by atoms with Crippen LogP contribution in [0.15, 0.2) is 40.9 Å². The van der Waals surface area contributed by atoms with E-state index in [4.69, 9.17) is 18.7 Å². The maximum Gasteiger partial charge on any atom is 0.387 e. The van der Waals surface area contributed by atoms with Crippen LogP contribution in [0, 0.1) is 13.8 Å². The third kappa shape index (κ3) is 6.15. The summed E-state index contributed by atoms with van der Waals surface area (Å²) in [4.78, 5) is 12.6. The Kier molecular flexibility index (Phi) is 8.29. The highest BCUT2D eigenvalue weighted by Crippen LogP contribution is 2.31. The molecule has 182 valence electrons. The number of alkyl halides is 2. The Morgan fingerprint density at radius 2 is 1.76 bits per heavy atom. The maximum absolute atomic E-state index is 12.6. The fourth-order valence-electron chi connectivity index (χ4n) is 3.27. The minimum Gasteiger partial charge on any atom is -0.493 e. The molecule has 10 heteroatoms. The second-order valence-corrected chi connectivity index (χ2v) is 7.33. The Labute approximate surface area is 195 Å². The van der Waals surface area contributed by atoms with Gasteiger partial charge >= 0.3 is 6.61 Å². The van der Waals surface area contributed by atoms with E-state index in [1.54, 1.807) is 30.3 Å². The molecule has 34 heavy (non-hydrogen) atoms. The smallest absolute Gasteiger partial charge is 0.387 e. The lowest BCUT2D eigenvalue weighted by molar-refractivity contribution is -0.0512. The zero-order valence-corrected chi connectivity index (χ0v) is 19.3. The lowest BCUT2D eigenvalue weighted by Gasteiger charge is -2.13. The molecule has 0 fully saturated rings. The number of nitrogens with one attached hydrogen (secondary N) is 1. The van der Waals surface area contributed by atoms with E-state index < -0.39 is 6.61 Å². The molecule has 0 radical (unpaired) electrons. The van der Waals surface area contributed by atoms with Crippen molar-refractivity contribution in [2.45, 2.75) is 33.5 Å². The Morgan fingerprint density at radius 3 is 2.41 bits per heavy atom. The minimum atomic E-state index is -2.96. The molecule has 1 heterocycles. The van der Waals surface area contributed by atoms with Gasteiger partial charge in [-0.2, -0.15) is 8.78 Å². The average molecular weight is 476 g/mol. The molecule has 1 amide bonds. The molecule has 0 saturated carbocycles. The molecule has 3 aromatic rings. The fraction of sp³-hybridized carbons (Fsp3) is 0.333. The number of aromatic nitrogens is 1. The van der Waals surface area contributed by atoms with Gasteiger partial charge in [-0.25, -0.2) is 0 Å². The zero-order chi connectivity index (χ0) is 24.7. The monoisotopic (exact) mass is 476 g/mol. The van der Waals surface area contributed by atoms with Gasteiger partial charge in [-0.1, -0.05) is 11.2 Å². The van der Waals surface area contributed by atoms with Gasteiger partial charge in [-0.3, -0.25) is 4.79 Å². The number of benzene rings is 2. The van der Waals surface area contributed by atoms with Gasteiger partial charge in [0, 0.05) is 12.1 Å². The van der Waals surface area contributed by atoms with Gasteiger partial charge < -0.3 is 28.8 Å². The maximum atomic E-state index is 12.6.